The van der Waals surface area contributed by atoms with Crippen molar-refractivity contribution in [2.24, 2.45) is 5.41 Å². The highest BCUT2D eigenvalue weighted by Gasteiger charge is 2.27. The average Bonchev–Trinajstić information content (AvgIpc) is 2.37. The maximum absolute atomic E-state index is 5.78. The largest absolute Gasteiger partial charge is 0.491 e. The van der Waals surface area contributed by atoms with Gasteiger partial charge in [-0.25, -0.2) is 0 Å². The van der Waals surface area contributed by atoms with Crippen molar-refractivity contribution in [2.45, 2.75) is 53.4 Å². The summed E-state index contributed by atoms with van der Waals surface area (Å²) in [6, 6.07) is 6.52. The topological polar surface area (TPSA) is 18.5 Å². The molecule has 2 nitrogen and oxygen atoms in total. The quantitative estimate of drug-likeness (QED) is 0.474. The highest BCUT2D eigenvalue weighted by atomic mass is 35.5. The Hall–Kier alpha value is -0.730. The van der Waals surface area contributed by atoms with E-state index in [-0.39, 0.29) is 5.41 Å². The minimum atomic E-state index is 0.158. The maximum Gasteiger partial charge on any atom is 0.122 e. The van der Waals surface area contributed by atoms with E-state index >= 15 is 0 Å². The summed E-state index contributed by atoms with van der Waals surface area (Å²) >= 11 is 5.56. The molecule has 0 aromatic heterocycles. The lowest BCUT2D eigenvalue weighted by molar-refractivity contribution is 0.111. The van der Waals surface area contributed by atoms with Gasteiger partial charge in [0.2, 0.25) is 0 Å². The zero-order valence-corrected chi connectivity index (χ0v) is 15.7. The van der Waals surface area contributed by atoms with Crippen molar-refractivity contribution in [1.29, 1.82) is 0 Å². The molecule has 0 aliphatic rings. The van der Waals surface area contributed by atoms with Gasteiger partial charge in [-0.05, 0) is 41.4 Å². The molecule has 0 bridgehead atoms. The van der Waals surface area contributed by atoms with E-state index in [1.54, 1.807) is 0 Å². The predicted octanol–water partition coefficient (Wildman–Crippen LogP) is 5.34. The molecule has 0 saturated heterocycles. The normalized spacial score (nSPS) is 12.5. The molecule has 0 atom stereocenters. The monoisotopic (exact) mass is 326 g/mol. The van der Waals surface area contributed by atoms with E-state index in [1.807, 2.05) is 0 Å². The zero-order valence-electron chi connectivity index (χ0n) is 15.0. The molecule has 0 unspecified atom stereocenters. The van der Waals surface area contributed by atoms with Crippen molar-refractivity contribution in [3.63, 3.8) is 0 Å². The molecule has 3 heteroatoms. The van der Waals surface area contributed by atoms with Crippen LogP contribution in [0.3, 0.4) is 0 Å². The average molecular weight is 327 g/mol. The summed E-state index contributed by atoms with van der Waals surface area (Å²) in [6.45, 7) is 15.3. The number of halogens is 1. The first-order chi connectivity index (χ1) is 10.2. The van der Waals surface area contributed by atoms with Crippen molar-refractivity contribution in [1.82, 2.24) is 0 Å². The second-order valence-corrected chi connectivity index (χ2v) is 8.13. The van der Waals surface area contributed by atoms with Crippen LogP contribution in [0.15, 0.2) is 18.2 Å². The summed E-state index contributed by atoms with van der Waals surface area (Å²) in [5.41, 5.74) is 3.01. The van der Waals surface area contributed by atoms with E-state index in [9.17, 15) is 0 Å². The Balaban J connectivity index is 2.68. The summed E-state index contributed by atoms with van der Waals surface area (Å²) in [6.07, 6.45) is 1.14. The number of aryl methyl sites for hydroxylation is 1. The molecule has 0 heterocycles. The van der Waals surface area contributed by atoms with Gasteiger partial charge in [-0.15, -0.1) is 11.6 Å². The Morgan fingerprint density at radius 1 is 1.00 bits per heavy atom. The van der Waals surface area contributed by atoms with Crippen LogP contribution in [0.2, 0.25) is 0 Å². The zero-order chi connectivity index (χ0) is 16.8. The summed E-state index contributed by atoms with van der Waals surface area (Å²) in [4.78, 5) is 0. The molecular formula is C19H31ClO2. The summed E-state index contributed by atoms with van der Waals surface area (Å²) in [5.74, 6) is 1.46. The van der Waals surface area contributed by atoms with Crippen LogP contribution in [0.25, 0.3) is 0 Å². The Kier molecular flexibility index (Phi) is 7.21. The Morgan fingerprint density at radius 3 is 2.23 bits per heavy atom. The Morgan fingerprint density at radius 2 is 1.68 bits per heavy atom. The smallest absolute Gasteiger partial charge is 0.122 e. The molecular weight excluding hydrogens is 296 g/mol. The van der Waals surface area contributed by atoms with E-state index in [0.717, 1.165) is 12.2 Å². The van der Waals surface area contributed by atoms with Gasteiger partial charge < -0.3 is 9.47 Å². The fourth-order valence-electron chi connectivity index (χ4n) is 3.03. The van der Waals surface area contributed by atoms with E-state index in [0.29, 0.717) is 31.1 Å². The summed E-state index contributed by atoms with van der Waals surface area (Å²) in [7, 11) is 0. The molecule has 22 heavy (non-hydrogen) atoms. The van der Waals surface area contributed by atoms with Crippen molar-refractivity contribution in [2.75, 3.05) is 25.7 Å². The van der Waals surface area contributed by atoms with Crippen LogP contribution >= 0.6 is 11.6 Å². The molecule has 0 N–H and O–H groups in total. The third-order valence-electron chi connectivity index (χ3n) is 3.64. The van der Waals surface area contributed by atoms with Crippen LogP contribution < -0.4 is 4.74 Å². The van der Waals surface area contributed by atoms with Crippen LogP contribution in [0, 0.1) is 12.3 Å². The molecule has 1 aromatic rings. The van der Waals surface area contributed by atoms with Gasteiger partial charge in [-0.1, -0.05) is 46.8 Å². The molecule has 1 aromatic carbocycles. The van der Waals surface area contributed by atoms with E-state index in [1.165, 1.54) is 11.1 Å². The standard InChI is InChI=1S/C19H31ClO2/c1-15-13-16(19(5,6)14-18(2,3)4)7-8-17(15)22-12-11-21-10-9-20/h7-8,13H,9-12,14H2,1-6H3. The lowest BCUT2D eigenvalue weighted by Crippen LogP contribution is -2.24. The highest BCUT2D eigenvalue weighted by molar-refractivity contribution is 6.17. The lowest BCUT2D eigenvalue weighted by atomic mass is 9.72. The first-order valence-electron chi connectivity index (χ1n) is 8.03. The van der Waals surface area contributed by atoms with Crippen LogP contribution in [-0.4, -0.2) is 25.7 Å². The van der Waals surface area contributed by atoms with Crippen molar-refractivity contribution in [3.05, 3.63) is 29.3 Å². The number of hydrogen-bond donors (Lipinski definition) is 0. The number of rotatable bonds is 8. The molecule has 0 aliphatic carbocycles. The molecule has 1 rings (SSSR count). The maximum atomic E-state index is 5.78. The van der Waals surface area contributed by atoms with Gasteiger partial charge in [0, 0.05) is 5.88 Å². The highest BCUT2D eigenvalue weighted by Crippen LogP contribution is 2.37. The van der Waals surface area contributed by atoms with Crippen molar-refractivity contribution >= 4 is 11.6 Å². The van der Waals surface area contributed by atoms with Crippen LogP contribution in [0.4, 0.5) is 0 Å². The molecule has 0 amide bonds. The SMILES string of the molecule is Cc1cc(C(C)(C)CC(C)(C)C)ccc1OCCOCCCl. The minimum absolute atomic E-state index is 0.158. The number of benzene rings is 1. The molecule has 0 spiro atoms. The van der Waals surface area contributed by atoms with E-state index < -0.39 is 0 Å². The van der Waals surface area contributed by atoms with Crippen molar-refractivity contribution < 1.29 is 9.47 Å². The van der Waals surface area contributed by atoms with Gasteiger partial charge >= 0.3 is 0 Å². The van der Waals surface area contributed by atoms with E-state index in [2.05, 4.69) is 59.7 Å². The second kappa shape index (κ2) is 8.21. The molecule has 0 radical (unpaired) electrons. The van der Waals surface area contributed by atoms with Crippen LogP contribution in [-0.2, 0) is 10.2 Å². The third kappa shape index (κ3) is 6.58. The Bertz CT molecular complexity index is 461. The van der Waals surface area contributed by atoms with E-state index in [4.69, 9.17) is 21.1 Å². The fraction of sp³-hybridized carbons (Fsp3) is 0.684. The number of hydrogen-bond acceptors (Lipinski definition) is 2. The molecule has 0 saturated carbocycles. The van der Waals surface area contributed by atoms with Gasteiger partial charge in [0.05, 0.1) is 13.2 Å². The third-order valence-corrected chi connectivity index (χ3v) is 3.79. The van der Waals surface area contributed by atoms with Crippen LogP contribution in [0.1, 0.15) is 52.2 Å². The molecule has 0 fully saturated rings. The lowest BCUT2D eigenvalue weighted by Gasteiger charge is -2.33. The summed E-state index contributed by atoms with van der Waals surface area (Å²) < 4.78 is 11.1. The fourth-order valence-corrected chi connectivity index (χ4v) is 3.14. The minimum Gasteiger partial charge on any atom is -0.491 e. The first kappa shape index (κ1) is 19.3. The summed E-state index contributed by atoms with van der Waals surface area (Å²) in [5, 5.41) is 0. The molecule has 0 aliphatic heterocycles. The molecule has 126 valence electrons. The number of alkyl halides is 1. The van der Waals surface area contributed by atoms with Gasteiger partial charge in [-0.2, -0.15) is 0 Å². The Labute approximate surface area is 141 Å². The van der Waals surface area contributed by atoms with Gasteiger partial charge in [0.25, 0.3) is 0 Å². The van der Waals surface area contributed by atoms with Crippen molar-refractivity contribution in [3.8, 4) is 5.75 Å². The van der Waals surface area contributed by atoms with Gasteiger partial charge in [0.15, 0.2) is 0 Å². The number of ether oxygens (including phenoxy) is 2. The second-order valence-electron chi connectivity index (χ2n) is 7.75. The van der Waals surface area contributed by atoms with Gasteiger partial charge in [-0.3, -0.25) is 0 Å². The predicted molar refractivity (Wildman–Crippen MR) is 95.3 cm³/mol. The van der Waals surface area contributed by atoms with Crippen LogP contribution in [0.5, 0.6) is 5.75 Å². The van der Waals surface area contributed by atoms with Gasteiger partial charge in [0.1, 0.15) is 12.4 Å². The first-order valence-corrected chi connectivity index (χ1v) is 8.57.